The lowest BCUT2D eigenvalue weighted by Crippen LogP contribution is -2.09. The Hall–Kier alpha value is -2.04. The molecule has 5 nitrogen and oxygen atoms in total. The SMILES string of the molecule is COc1ccc(COC(=O)CCCCCCCCC(=O)OCC(C)C)cc1. The third-order valence-electron chi connectivity index (χ3n) is 4.15. The van der Waals surface area contributed by atoms with Gasteiger partial charge in [-0.25, -0.2) is 0 Å². The summed E-state index contributed by atoms with van der Waals surface area (Å²) in [6.45, 7) is 4.87. The van der Waals surface area contributed by atoms with Crippen LogP contribution in [0.25, 0.3) is 0 Å². The number of carbonyl (C=O) groups is 2. The van der Waals surface area contributed by atoms with Gasteiger partial charge >= 0.3 is 11.9 Å². The number of ether oxygens (including phenoxy) is 3. The zero-order valence-electron chi connectivity index (χ0n) is 17.0. The van der Waals surface area contributed by atoms with Gasteiger partial charge in [0.2, 0.25) is 0 Å². The van der Waals surface area contributed by atoms with Crippen molar-refractivity contribution in [1.82, 2.24) is 0 Å². The number of hydrogen-bond acceptors (Lipinski definition) is 5. The lowest BCUT2D eigenvalue weighted by Gasteiger charge is -2.07. The second-order valence-electron chi connectivity index (χ2n) is 7.21. The van der Waals surface area contributed by atoms with Gasteiger partial charge in [-0.15, -0.1) is 0 Å². The van der Waals surface area contributed by atoms with Crippen molar-refractivity contribution in [2.45, 2.75) is 71.8 Å². The average Bonchev–Trinajstić information content (AvgIpc) is 2.67. The molecule has 0 aliphatic heterocycles. The summed E-state index contributed by atoms with van der Waals surface area (Å²) >= 11 is 0. The zero-order valence-corrected chi connectivity index (χ0v) is 17.0. The Bertz CT molecular complexity index is 536. The van der Waals surface area contributed by atoms with Gasteiger partial charge in [-0.2, -0.15) is 0 Å². The van der Waals surface area contributed by atoms with E-state index in [1.165, 1.54) is 0 Å². The first kappa shape index (κ1) is 23.0. The maximum Gasteiger partial charge on any atom is 0.306 e. The van der Waals surface area contributed by atoms with Crippen molar-refractivity contribution in [1.29, 1.82) is 0 Å². The highest BCUT2D eigenvalue weighted by molar-refractivity contribution is 5.69. The van der Waals surface area contributed by atoms with E-state index in [-0.39, 0.29) is 11.9 Å². The van der Waals surface area contributed by atoms with Gasteiger partial charge in [0.05, 0.1) is 13.7 Å². The van der Waals surface area contributed by atoms with Crippen molar-refractivity contribution < 1.29 is 23.8 Å². The van der Waals surface area contributed by atoms with E-state index in [1.54, 1.807) is 7.11 Å². The highest BCUT2D eigenvalue weighted by Crippen LogP contribution is 2.13. The van der Waals surface area contributed by atoms with E-state index in [2.05, 4.69) is 0 Å². The number of esters is 2. The fraction of sp³-hybridized carbons (Fsp3) is 0.636. The largest absolute Gasteiger partial charge is 0.497 e. The van der Waals surface area contributed by atoms with E-state index in [4.69, 9.17) is 14.2 Å². The molecular formula is C22H34O5. The van der Waals surface area contributed by atoms with Crippen molar-refractivity contribution in [3.63, 3.8) is 0 Å². The van der Waals surface area contributed by atoms with E-state index in [0.717, 1.165) is 49.8 Å². The van der Waals surface area contributed by atoms with Gasteiger partial charge in [0.15, 0.2) is 0 Å². The molecule has 0 saturated carbocycles. The molecule has 27 heavy (non-hydrogen) atoms. The highest BCUT2D eigenvalue weighted by Gasteiger charge is 2.05. The molecule has 0 radical (unpaired) electrons. The van der Waals surface area contributed by atoms with Crippen LogP contribution in [0.15, 0.2) is 24.3 Å². The van der Waals surface area contributed by atoms with E-state index < -0.39 is 0 Å². The predicted octanol–water partition coefficient (Wildman–Crippen LogP) is 5.06. The van der Waals surface area contributed by atoms with Crippen LogP contribution in [0.3, 0.4) is 0 Å². The van der Waals surface area contributed by atoms with Crippen LogP contribution in [0.1, 0.15) is 70.8 Å². The van der Waals surface area contributed by atoms with Crippen molar-refractivity contribution >= 4 is 11.9 Å². The van der Waals surface area contributed by atoms with Gasteiger partial charge in [-0.3, -0.25) is 9.59 Å². The lowest BCUT2D eigenvalue weighted by atomic mass is 10.1. The minimum atomic E-state index is -0.154. The molecule has 0 unspecified atom stereocenters. The minimum absolute atomic E-state index is 0.0942. The Morgan fingerprint density at radius 3 is 1.85 bits per heavy atom. The van der Waals surface area contributed by atoms with Crippen LogP contribution in [0.5, 0.6) is 5.75 Å². The number of benzene rings is 1. The first-order valence-electron chi connectivity index (χ1n) is 9.95. The molecule has 0 spiro atoms. The van der Waals surface area contributed by atoms with Crippen LogP contribution in [-0.4, -0.2) is 25.7 Å². The molecule has 0 heterocycles. The summed E-state index contributed by atoms with van der Waals surface area (Å²) < 4.78 is 15.5. The molecule has 0 aliphatic carbocycles. The Morgan fingerprint density at radius 1 is 0.815 bits per heavy atom. The summed E-state index contributed by atoms with van der Waals surface area (Å²) in [5.41, 5.74) is 0.955. The normalized spacial score (nSPS) is 10.7. The molecule has 1 aromatic rings. The van der Waals surface area contributed by atoms with Gasteiger partial charge in [0.25, 0.3) is 0 Å². The number of rotatable bonds is 14. The molecule has 0 amide bonds. The van der Waals surface area contributed by atoms with Crippen molar-refractivity contribution in [3.8, 4) is 5.75 Å². The standard InChI is InChI=1S/C22H34O5/c1-18(2)16-26-21(23)10-8-6-4-5-7-9-11-22(24)27-17-19-12-14-20(25-3)15-13-19/h12-15,18H,4-11,16-17H2,1-3H3. The maximum atomic E-state index is 11.8. The lowest BCUT2D eigenvalue weighted by molar-refractivity contribution is -0.145. The smallest absolute Gasteiger partial charge is 0.306 e. The van der Waals surface area contributed by atoms with Crippen LogP contribution in [0, 0.1) is 5.92 Å². The van der Waals surface area contributed by atoms with Crippen LogP contribution >= 0.6 is 0 Å². The van der Waals surface area contributed by atoms with E-state index in [9.17, 15) is 9.59 Å². The summed E-state index contributed by atoms with van der Waals surface area (Å²) in [4.78, 5) is 23.2. The molecule has 0 bridgehead atoms. The summed E-state index contributed by atoms with van der Waals surface area (Å²) in [6.07, 6.45) is 6.88. The van der Waals surface area contributed by atoms with Gasteiger partial charge in [-0.05, 0) is 36.5 Å². The topological polar surface area (TPSA) is 61.8 Å². The van der Waals surface area contributed by atoms with Crippen molar-refractivity contribution in [3.05, 3.63) is 29.8 Å². The molecule has 1 rings (SSSR count). The second kappa shape index (κ2) is 14.1. The second-order valence-corrected chi connectivity index (χ2v) is 7.21. The predicted molar refractivity (Wildman–Crippen MR) is 106 cm³/mol. The minimum Gasteiger partial charge on any atom is -0.497 e. The van der Waals surface area contributed by atoms with Gasteiger partial charge in [-0.1, -0.05) is 51.7 Å². The molecule has 0 N–H and O–H groups in total. The molecular weight excluding hydrogens is 344 g/mol. The molecule has 1 aromatic carbocycles. The average molecular weight is 379 g/mol. The number of hydrogen-bond donors (Lipinski definition) is 0. The molecule has 0 aromatic heterocycles. The zero-order chi connectivity index (χ0) is 19.9. The summed E-state index contributed by atoms with van der Waals surface area (Å²) in [5.74, 6) is 0.927. The maximum absolute atomic E-state index is 11.8. The van der Waals surface area contributed by atoms with Crippen molar-refractivity contribution in [2.75, 3.05) is 13.7 Å². The Labute approximate surface area is 163 Å². The third kappa shape index (κ3) is 12.1. The van der Waals surface area contributed by atoms with E-state index in [0.29, 0.717) is 32.0 Å². The van der Waals surface area contributed by atoms with Gasteiger partial charge in [0, 0.05) is 12.8 Å². The molecule has 0 saturated heterocycles. The van der Waals surface area contributed by atoms with Crippen LogP contribution in [0.2, 0.25) is 0 Å². The Morgan fingerprint density at radius 2 is 1.33 bits per heavy atom. The highest BCUT2D eigenvalue weighted by atomic mass is 16.5. The van der Waals surface area contributed by atoms with Crippen LogP contribution in [-0.2, 0) is 25.7 Å². The van der Waals surface area contributed by atoms with E-state index >= 15 is 0 Å². The quantitative estimate of drug-likeness (QED) is 0.334. The molecule has 0 fully saturated rings. The summed E-state index contributed by atoms with van der Waals surface area (Å²) in [5, 5.41) is 0. The summed E-state index contributed by atoms with van der Waals surface area (Å²) in [7, 11) is 1.62. The van der Waals surface area contributed by atoms with Crippen LogP contribution in [0.4, 0.5) is 0 Å². The summed E-state index contributed by atoms with van der Waals surface area (Å²) in [6, 6.07) is 7.50. The van der Waals surface area contributed by atoms with Crippen molar-refractivity contribution in [2.24, 2.45) is 5.92 Å². The van der Waals surface area contributed by atoms with Crippen LogP contribution < -0.4 is 4.74 Å². The molecule has 5 heteroatoms. The van der Waals surface area contributed by atoms with Gasteiger partial charge in [0.1, 0.15) is 12.4 Å². The Balaban J connectivity index is 1.95. The Kier molecular flexibility index (Phi) is 12.0. The monoisotopic (exact) mass is 378 g/mol. The number of methoxy groups -OCH3 is 1. The third-order valence-corrected chi connectivity index (χ3v) is 4.15. The molecule has 152 valence electrons. The fourth-order valence-corrected chi connectivity index (χ4v) is 2.54. The van der Waals surface area contributed by atoms with E-state index in [1.807, 2.05) is 38.1 Å². The molecule has 0 atom stereocenters. The fourth-order valence-electron chi connectivity index (χ4n) is 2.54. The number of unbranched alkanes of at least 4 members (excludes halogenated alkanes) is 5. The first-order valence-corrected chi connectivity index (χ1v) is 9.95. The first-order chi connectivity index (χ1) is 13.0. The number of carbonyl (C=O) groups excluding carboxylic acids is 2. The molecule has 0 aliphatic rings. The van der Waals surface area contributed by atoms with Gasteiger partial charge < -0.3 is 14.2 Å².